The van der Waals surface area contributed by atoms with E-state index < -0.39 is 16.0 Å². The number of para-hydroxylation sites is 1. The molecule has 0 aromatic heterocycles. The fourth-order valence-corrected chi connectivity index (χ4v) is 3.74. The Morgan fingerprint density at radius 3 is 2.50 bits per heavy atom. The smallest absolute Gasteiger partial charge is 0.335 e. The van der Waals surface area contributed by atoms with Crippen LogP contribution in [-0.2, 0) is 10.0 Å². The Kier molecular flexibility index (Phi) is 4.91. The van der Waals surface area contributed by atoms with E-state index in [2.05, 4.69) is 4.72 Å². The lowest BCUT2D eigenvalue weighted by atomic mass is 10.2. The fourth-order valence-electron chi connectivity index (χ4n) is 1.76. The molecule has 116 valence electrons. The Balaban J connectivity index is 2.51. The summed E-state index contributed by atoms with van der Waals surface area (Å²) in [6.45, 7) is 0. The van der Waals surface area contributed by atoms with Gasteiger partial charge in [-0.15, -0.1) is 0 Å². The van der Waals surface area contributed by atoms with Crippen molar-refractivity contribution in [3.8, 4) is 5.75 Å². The summed E-state index contributed by atoms with van der Waals surface area (Å²) in [5.74, 6) is -1.14. The molecule has 0 unspecified atom stereocenters. The molecular weight excluding hydrogens is 421 g/mol. The lowest BCUT2D eigenvalue weighted by Gasteiger charge is -2.13. The van der Waals surface area contributed by atoms with Crippen molar-refractivity contribution in [1.82, 2.24) is 0 Å². The first-order valence-corrected chi connectivity index (χ1v) is 8.60. The van der Waals surface area contributed by atoms with Crippen molar-refractivity contribution in [2.75, 3.05) is 11.8 Å². The molecule has 0 saturated carbocycles. The Labute approximate surface area is 141 Å². The number of hydrogen-bond acceptors (Lipinski definition) is 4. The molecular formula is C14H12INO5S. The van der Waals surface area contributed by atoms with Gasteiger partial charge >= 0.3 is 5.97 Å². The van der Waals surface area contributed by atoms with Crippen molar-refractivity contribution in [3.05, 3.63) is 51.6 Å². The van der Waals surface area contributed by atoms with E-state index in [1.54, 1.807) is 24.3 Å². The van der Waals surface area contributed by atoms with Crippen molar-refractivity contribution >= 4 is 44.3 Å². The minimum absolute atomic E-state index is 0.0726. The number of rotatable bonds is 5. The molecule has 0 saturated heterocycles. The number of aromatic carboxylic acids is 1. The molecule has 0 atom stereocenters. The van der Waals surface area contributed by atoms with E-state index in [1.807, 2.05) is 22.6 Å². The van der Waals surface area contributed by atoms with Crippen LogP contribution >= 0.6 is 22.6 Å². The quantitative estimate of drug-likeness (QED) is 0.708. The second-order valence-corrected chi connectivity index (χ2v) is 7.07. The summed E-state index contributed by atoms with van der Waals surface area (Å²) in [6.07, 6.45) is 0. The van der Waals surface area contributed by atoms with Crippen LogP contribution in [0.15, 0.2) is 47.4 Å². The number of anilines is 1. The molecule has 0 aliphatic heterocycles. The number of nitrogens with one attached hydrogen (secondary N) is 1. The minimum Gasteiger partial charge on any atom is -0.495 e. The molecule has 0 fully saturated rings. The van der Waals surface area contributed by atoms with Crippen LogP contribution in [0.1, 0.15) is 10.4 Å². The largest absolute Gasteiger partial charge is 0.495 e. The Bertz CT molecular complexity index is 820. The zero-order valence-electron chi connectivity index (χ0n) is 11.4. The van der Waals surface area contributed by atoms with Crippen molar-refractivity contribution in [2.24, 2.45) is 0 Å². The van der Waals surface area contributed by atoms with Crippen LogP contribution in [0, 0.1) is 3.57 Å². The van der Waals surface area contributed by atoms with Crippen molar-refractivity contribution in [1.29, 1.82) is 0 Å². The zero-order valence-corrected chi connectivity index (χ0v) is 14.4. The first-order valence-electron chi connectivity index (χ1n) is 6.04. The molecule has 2 aromatic rings. The maximum Gasteiger partial charge on any atom is 0.335 e. The summed E-state index contributed by atoms with van der Waals surface area (Å²) in [6, 6.07) is 10.5. The number of carboxylic acids is 1. The molecule has 0 radical (unpaired) electrons. The average molecular weight is 433 g/mol. The van der Waals surface area contributed by atoms with E-state index in [9.17, 15) is 13.2 Å². The van der Waals surface area contributed by atoms with Gasteiger partial charge in [-0.25, -0.2) is 13.2 Å². The van der Waals surface area contributed by atoms with E-state index in [0.29, 0.717) is 5.69 Å². The van der Waals surface area contributed by atoms with Crippen molar-refractivity contribution < 1.29 is 23.1 Å². The van der Waals surface area contributed by atoms with E-state index >= 15 is 0 Å². The van der Waals surface area contributed by atoms with E-state index in [-0.39, 0.29) is 16.2 Å². The summed E-state index contributed by atoms with van der Waals surface area (Å²) in [7, 11) is -2.66. The number of methoxy groups -OCH3 is 1. The van der Waals surface area contributed by atoms with Crippen LogP contribution in [-0.4, -0.2) is 26.6 Å². The van der Waals surface area contributed by atoms with Gasteiger partial charge in [-0.3, -0.25) is 4.72 Å². The number of halogens is 1. The normalized spacial score (nSPS) is 11.0. The maximum absolute atomic E-state index is 12.5. The number of benzene rings is 2. The Morgan fingerprint density at radius 1 is 1.23 bits per heavy atom. The van der Waals surface area contributed by atoms with Crippen molar-refractivity contribution in [3.63, 3.8) is 0 Å². The van der Waals surface area contributed by atoms with Gasteiger partial charge in [-0.2, -0.15) is 0 Å². The molecule has 22 heavy (non-hydrogen) atoms. The molecule has 0 amide bonds. The molecule has 0 aliphatic rings. The second kappa shape index (κ2) is 6.53. The molecule has 0 spiro atoms. The van der Waals surface area contributed by atoms with Crippen LogP contribution in [0.4, 0.5) is 5.69 Å². The molecule has 6 nitrogen and oxygen atoms in total. The first kappa shape index (κ1) is 16.6. The summed E-state index contributed by atoms with van der Waals surface area (Å²) in [5, 5.41) is 9.02. The average Bonchev–Trinajstić information content (AvgIpc) is 2.48. The highest BCUT2D eigenvalue weighted by Gasteiger charge is 2.22. The van der Waals surface area contributed by atoms with Gasteiger partial charge in [0.25, 0.3) is 10.0 Å². The van der Waals surface area contributed by atoms with Gasteiger partial charge in [0.1, 0.15) is 10.6 Å². The van der Waals surface area contributed by atoms with E-state index in [0.717, 1.165) is 9.64 Å². The fraction of sp³-hybridized carbons (Fsp3) is 0.0714. The maximum atomic E-state index is 12.5. The molecule has 0 aliphatic carbocycles. The van der Waals surface area contributed by atoms with Crippen molar-refractivity contribution in [2.45, 2.75) is 4.90 Å². The van der Waals surface area contributed by atoms with Crippen LogP contribution in [0.25, 0.3) is 0 Å². The third-order valence-corrected chi connectivity index (χ3v) is 5.15. The van der Waals surface area contributed by atoms with E-state index in [4.69, 9.17) is 9.84 Å². The number of sulfonamides is 1. The zero-order chi connectivity index (χ0) is 16.3. The number of hydrogen-bond donors (Lipinski definition) is 2. The third kappa shape index (κ3) is 3.50. The predicted molar refractivity (Wildman–Crippen MR) is 89.9 cm³/mol. The second-order valence-electron chi connectivity index (χ2n) is 4.26. The van der Waals surface area contributed by atoms with Gasteiger partial charge in [-0.1, -0.05) is 12.1 Å². The standard InChI is InChI=1S/C14H12INO5S/c1-21-12-7-6-9(14(17)18)8-13(12)22(19,20)16-11-5-3-2-4-10(11)15/h2-8,16H,1H3,(H,17,18). The molecule has 2 rings (SSSR count). The molecule has 2 aromatic carbocycles. The van der Waals surface area contributed by atoms with Crippen LogP contribution < -0.4 is 9.46 Å². The molecule has 8 heteroatoms. The molecule has 2 N–H and O–H groups in total. The lowest BCUT2D eigenvalue weighted by molar-refractivity contribution is 0.0696. The van der Waals surface area contributed by atoms with Gasteiger partial charge in [0.15, 0.2) is 0 Å². The molecule has 0 bridgehead atoms. The van der Waals surface area contributed by atoms with Crippen LogP contribution in [0.5, 0.6) is 5.75 Å². The van der Waals surface area contributed by atoms with Crippen LogP contribution in [0.3, 0.4) is 0 Å². The first-order chi connectivity index (χ1) is 10.3. The minimum atomic E-state index is -3.98. The third-order valence-electron chi connectivity index (χ3n) is 2.82. The van der Waals surface area contributed by atoms with Gasteiger partial charge in [0, 0.05) is 3.57 Å². The monoisotopic (exact) mass is 433 g/mol. The topological polar surface area (TPSA) is 92.7 Å². The summed E-state index contributed by atoms with van der Waals surface area (Å²) in [4.78, 5) is 10.8. The van der Waals surface area contributed by atoms with Gasteiger partial charge < -0.3 is 9.84 Å². The Hall–Kier alpha value is -1.81. The highest BCUT2D eigenvalue weighted by atomic mass is 127. The van der Waals surface area contributed by atoms with Gasteiger partial charge in [0.05, 0.1) is 18.4 Å². The highest BCUT2D eigenvalue weighted by molar-refractivity contribution is 14.1. The predicted octanol–water partition coefficient (Wildman–Crippen LogP) is 2.80. The highest BCUT2D eigenvalue weighted by Crippen LogP contribution is 2.28. The van der Waals surface area contributed by atoms with Gasteiger partial charge in [-0.05, 0) is 52.9 Å². The molecule has 0 heterocycles. The van der Waals surface area contributed by atoms with E-state index in [1.165, 1.54) is 19.2 Å². The van der Waals surface area contributed by atoms with Gasteiger partial charge in [0.2, 0.25) is 0 Å². The number of carboxylic acid groups (broad SMARTS) is 1. The summed E-state index contributed by atoms with van der Waals surface area (Å²) >= 11 is 2.00. The lowest BCUT2D eigenvalue weighted by Crippen LogP contribution is -2.15. The number of carbonyl (C=O) groups is 1. The summed E-state index contributed by atoms with van der Waals surface area (Å²) in [5.41, 5.74) is 0.273. The summed E-state index contributed by atoms with van der Waals surface area (Å²) < 4.78 is 33.2. The number of ether oxygens (including phenoxy) is 1. The Morgan fingerprint density at radius 2 is 1.91 bits per heavy atom. The van der Waals surface area contributed by atoms with Crippen LogP contribution in [0.2, 0.25) is 0 Å². The SMILES string of the molecule is COc1ccc(C(=O)O)cc1S(=O)(=O)Nc1ccccc1I.